The molecule has 0 fully saturated rings. The molecule has 0 aliphatic carbocycles. The van der Waals surface area contributed by atoms with Crippen molar-refractivity contribution < 1.29 is 26.8 Å². The van der Waals surface area contributed by atoms with Crippen molar-refractivity contribution in [3.05, 3.63) is 73.0 Å². The minimum Gasteiger partial charge on any atom is -0.465 e. The second-order valence-electron chi connectivity index (χ2n) is 6.39. The third-order valence-electron chi connectivity index (χ3n) is 4.33. The summed E-state index contributed by atoms with van der Waals surface area (Å²) in [5, 5.41) is 15.2. The van der Waals surface area contributed by atoms with Crippen LogP contribution < -0.4 is 14.2 Å². The van der Waals surface area contributed by atoms with Gasteiger partial charge in [-0.1, -0.05) is 17.8 Å². The van der Waals surface area contributed by atoms with Crippen LogP contribution >= 0.6 is 0 Å². The van der Waals surface area contributed by atoms with Crippen molar-refractivity contribution >= 4 is 33.2 Å². The average molecular weight is 457 g/mol. The fraction of sp³-hybridized carbons (Fsp3) is 0.0500. The van der Waals surface area contributed by atoms with E-state index in [0.717, 1.165) is 11.6 Å². The van der Waals surface area contributed by atoms with Gasteiger partial charge < -0.3 is 14.0 Å². The molecule has 2 heterocycles. The van der Waals surface area contributed by atoms with Gasteiger partial charge in [0.1, 0.15) is 17.0 Å². The summed E-state index contributed by atoms with van der Waals surface area (Å²) in [6.07, 6.45) is 5.09. The Morgan fingerprint density at radius 2 is 2.09 bits per heavy atom. The third-order valence-corrected chi connectivity index (χ3v) is 5.72. The lowest BCUT2D eigenvalue weighted by Gasteiger charge is -2.11. The highest BCUT2D eigenvalue weighted by Crippen LogP contribution is 2.36. The van der Waals surface area contributed by atoms with Crippen LogP contribution in [0.5, 0.6) is 11.5 Å². The second-order valence-corrected chi connectivity index (χ2v) is 8.01. The minimum atomic E-state index is -4.51. The zero-order valence-electron chi connectivity index (χ0n) is 16.4. The Kier molecular flexibility index (Phi) is 5.60. The predicted octanol–water partition coefficient (Wildman–Crippen LogP) is 3.52. The van der Waals surface area contributed by atoms with Gasteiger partial charge in [-0.2, -0.15) is 5.10 Å². The maximum absolute atomic E-state index is 14.4. The number of fused-ring (bicyclic) bond motifs is 1. The summed E-state index contributed by atoms with van der Waals surface area (Å²) in [5.74, 6) is -1.41. The Morgan fingerprint density at radius 3 is 2.81 bits per heavy atom. The smallest absolute Gasteiger partial charge is 0.269 e. The molecule has 0 aliphatic rings. The van der Waals surface area contributed by atoms with Gasteiger partial charge in [0.15, 0.2) is 28.4 Å². The van der Waals surface area contributed by atoms with Gasteiger partial charge in [0.2, 0.25) is 0 Å². The van der Waals surface area contributed by atoms with E-state index in [1.54, 1.807) is 35.3 Å². The first-order chi connectivity index (χ1) is 15.4. The Labute approximate surface area is 181 Å². The summed E-state index contributed by atoms with van der Waals surface area (Å²) in [6.45, 7) is 3.93. The van der Waals surface area contributed by atoms with Gasteiger partial charge >= 0.3 is 0 Å². The van der Waals surface area contributed by atoms with Crippen LogP contribution in [-0.2, 0) is 16.6 Å². The largest absolute Gasteiger partial charge is 0.465 e. The van der Waals surface area contributed by atoms with E-state index in [0.29, 0.717) is 12.9 Å². The molecule has 2 N–H and O–H groups in total. The summed E-state index contributed by atoms with van der Waals surface area (Å²) in [7, 11) is -4.51. The molecule has 4 aromatic rings. The number of rotatable bonds is 9. The van der Waals surface area contributed by atoms with Gasteiger partial charge in [0.25, 0.3) is 10.0 Å². The van der Waals surface area contributed by atoms with Crippen molar-refractivity contribution in [3.63, 3.8) is 0 Å². The van der Waals surface area contributed by atoms with Crippen LogP contribution in [0.1, 0.15) is 5.56 Å². The minimum absolute atomic E-state index is 0.212. The zero-order chi connectivity index (χ0) is 22.7. The third kappa shape index (κ3) is 4.03. The normalized spacial score (nSPS) is 11.3. The number of nitrogens with one attached hydrogen (secondary N) is 2. The quantitative estimate of drug-likeness (QED) is 0.223. The molecule has 4 rings (SSSR count). The molecule has 0 amide bonds. The summed E-state index contributed by atoms with van der Waals surface area (Å²) in [5.41, 5.74) is 0.980. The van der Waals surface area contributed by atoms with Crippen molar-refractivity contribution in [2.75, 3.05) is 4.72 Å². The molecular weight excluding hydrogens is 441 g/mol. The molecule has 0 atom stereocenters. The number of sulfonamides is 1. The van der Waals surface area contributed by atoms with E-state index in [-0.39, 0.29) is 28.3 Å². The molecule has 10 nitrogen and oxygen atoms in total. The first-order valence-corrected chi connectivity index (χ1v) is 10.6. The lowest BCUT2D eigenvalue weighted by molar-refractivity contribution is 0.458. The number of hydrogen-bond acceptors (Lipinski definition) is 8. The number of hydrogen-bond donors (Lipinski definition) is 2. The molecule has 0 saturated heterocycles. The van der Waals surface area contributed by atoms with Crippen LogP contribution in [-0.4, -0.2) is 29.8 Å². The average Bonchev–Trinajstić information content (AvgIpc) is 3.38. The Balaban J connectivity index is 1.77. The monoisotopic (exact) mass is 457 g/mol. The first-order valence-electron chi connectivity index (χ1n) is 9.07. The number of anilines is 1. The van der Waals surface area contributed by atoms with E-state index in [9.17, 15) is 12.8 Å². The van der Waals surface area contributed by atoms with Gasteiger partial charge in [0, 0.05) is 12.4 Å². The number of halogens is 1. The predicted molar refractivity (Wildman–Crippen MR) is 113 cm³/mol. The Hall–Kier alpha value is -4.19. The lowest BCUT2D eigenvalue weighted by atomic mass is 10.1. The highest BCUT2D eigenvalue weighted by atomic mass is 32.2. The fourth-order valence-electron chi connectivity index (χ4n) is 3.10. The van der Waals surface area contributed by atoms with Crippen molar-refractivity contribution in [2.45, 2.75) is 11.4 Å². The lowest BCUT2D eigenvalue weighted by Crippen LogP contribution is -2.16. The van der Waals surface area contributed by atoms with Crippen molar-refractivity contribution in [1.82, 2.24) is 14.9 Å². The number of nitrogens with zero attached hydrogens (tertiary/aromatic N) is 3. The van der Waals surface area contributed by atoms with Gasteiger partial charge in [-0.15, -0.1) is 0 Å². The summed E-state index contributed by atoms with van der Waals surface area (Å²) in [4.78, 5) is -0.777. The molecule has 0 radical (unpaired) electrons. The number of ether oxygens (including phenoxy) is 2. The van der Waals surface area contributed by atoms with E-state index >= 15 is 0 Å². The molecule has 0 spiro atoms. The summed E-state index contributed by atoms with van der Waals surface area (Å²) >= 11 is 0. The Bertz CT molecular complexity index is 1400. The molecule has 2 aromatic carbocycles. The molecule has 12 heteroatoms. The van der Waals surface area contributed by atoms with E-state index in [2.05, 4.69) is 21.6 Å². The summed E-state index contributed by atoms with van der Waals surface area (Å²) < 4.78 is 59.7. The zero-order valence-corrected chi connectivity index (χ0v) is 17.2. The molecule has 164 valence electrons. The standard InChI is InChI=1S/C20H16FN5O5S/c1-2-29-16-9-13(11-26-8-4-7-23-26)10-17-18(16)20(24-31-17)25-32(27,28)19-14(21)5-3-6-15(19)30-12-22/h2-10,12,22H,1,11H2,(H,24,25). The van der Waals surface area contributed by atoms with Crippen LogP contribution in [0.3, 0.4) is 0 Å². The molecule has 0 aliphatic heterocycles. The highest BCUT2D eigenvalue weighted by Gasteiger charge is 2.28. The fourth-order valence-corrected chi connectivity index (χ4v) is 4.30. The van der Waals surface area contributed by atoms with Gasteiger partial charge in [-0.05, 0) is 35.9 Å². The van der Waals surface area contributed by atoms with Crippen molar-refractivity contribution in [3.8, 4) is 11.5 Å². The van der Waals surface area contributed by atoms with E-state index in [1.165, 1.54) is 18.4 Å². The molecule has 0 unspecified atom stereocenters. The maximum atomic E-state index is 14.4. The first kappa shape index (κ1) is 21.1. The molecule has 2 aromatic heterocycles. The van der Waals surface area contributed by atoms with Gasteiger partial charge in [0.05, 0.1) is 12.8 Å². The van der Waals surface area contributed by atoms with E-state index < -0.39 is 20.7 Å². The van der Waals surface area contributed by atoms with Crippen LogP contribution in [0.25, 0.3) is 11.0 Å². The van der Waals surface area contributed by atoms with E-state index in [4.69, 9.17) is 19.4 Å². The van der Waals surface area contributed by atoms with Crippen molar-refractivity contribution in [2.24, 2.45) is 0 Å². The number of aromatic nitrogens is 3. The molecule has 0 saturated carbocycles. The summed E-state index contributed by atoms with van der Waals surface area (Å²) in [6, 6.07) is 8.53. The van der Waals surface area contributed by atoms with Crippen LogP contribution in [0.2, 0.25) is 0 Å². The molecule has 0 bridgehead atoms. The van der Waals surface area contributed by atoms with Gasteiger partial charge in [-0.3, -0.25) is 14.8 Å². The SMILES string of the molecule is C=COc1cc(Cn2cccn2)cc2onc(NS(=O)(=O)c3c(F)cccc3OC=N)c12. The highest BCUT2D eigenvalue weighted by molar-refractivity contribution is 7.92. The number of benzene rings is 2. The maximum Gasteiger partial charge on any atom is 0.269 e. The molecular formula is C20H16FN5O5S. The van der Waals surface area contributed by atoms with E-state index in [1.807, 2.05) is 0 Å². The van der Waals surface area contributed by atoms with Crippen LogP contribution in [0.4, 0.5) is 10.2 Å². The Morgan fingerprint density at radius 1 is 1.25 bits per heavy atom. The molecule has 32 heavy (non-hydrogen) atoms. The van der Waals surface area contributed by atoms with Crippen molar-refractivity contribution in [1.29, 1.82) is 5.41 Å². The van der Waals surface area contributed by atoms with Crippen LogP contribution in [0, 0.1) is 11.2 Å². The second kappa shape index (κ2) is 8.51. The topological polar surface area (TPSA) is 132 Å². The van der Waals surface area contributed by atoms with Crippen LogP contribution in [0.15, 0.2) is 71.1 Å². The van der Waals surface area contributed by atoms with Gasteiger partial charge in [-0.25, -0.2) is 12.8 Å².